The van der Waals surface area contributed by atoms with Crippen molar-refractivity contribution >= 4 is 34.9 Å². The summed E-state index contributed by atoms with van der Waals surface area (Å²) >= 11 is 2.68. The molecule has 2 rings (SSSR count). The molecule has 0 spiro atoms. The summed E-state index contributed by atoms with van der Waals surface area (Å²) in [6.07, 6.45) is 0.608. The number of hydrogen-bond acceptors (Lipinski definition) is 6. The summed E-state index contributed by atoms with van der Waals surface area (Å²) in [4.78, 5) is 27.1. The number of ketones is 1. The van der Waals surface area contributed by atoms with Crippen molar-refractivity contribution in [1.82, 2.24) is 4.98 Å². The molecule has 168 valence electrons. The molecule has 5 nitrogen and oxygen atoms in total. The third-order valence-corrected chi connectivity index (χ3v) is 7.18. The predicted octanol–water partition coefficient (Wildman–Crippen LogP) is 5.35. The molecule has 0 aliphatic heterocycles. The zero-order chi connectivity index (χ0) is 22.4. The topological polar surface area (TPSA) is 87.5 Å². The zero-order valence-electron chi connectivity index (χ0n) is 16.7. The number of carbonyl (C=O) groups excluding carboxylic acids is 1. The highest BCUT2D eigenvalue weighted by atomic mass is 32.2. The molecule has 1 heterocycles. The molecule has 3 atom stereocenters. The molecule has 10 heteroatoms. The van der Waals surface area contributed by atoms with Crippen LogP contribution < -0.4 is 0 Å². The molecule has 0 unspecified atom stereocenters. The van der Waals surface area contributed by atoms with Crippen LogP contribution in [-0.2, 0) is 4.79 Å². The van der Waals surface area contributed by atoms with Gasteiger partial charge in [0.1, 0.15) is 5.78 Å². The number of nitrogens with zero attached hydrogens (tertiary/aromatic N) is 1. The average Bonchev–Trinajstić information content (AvgIpc) is 3.22. The van der Waals surface area contributed by atoms with E-state index in [9.17, 15) is 27.9 Å². The molecular formula is C20H26F3NO4S2. The van der Waals surface area contributed by atoms with Gasteiger partial charge in [-0.25, -0.2) is 9.78 Å². The molecule has 1 fully saturated rings. The van der Waals surface area contributed by atoms with Gasteiger partial charge in [-0.2, -0.15) is 13.2 Å². The van der Waals surface area contributed by atoms with Crippen molar-refractivity contribution in [3.8, 4) is 0 Å². The lowest BCUT2D eigenvalue weighted by molar-refractivity contribution is -0.137. The predicted molar refractivity (Wildman–Crippen MR) is 110 cm³/mol. The lowest BCUT2D eigenvalue weighted by Gasteiger charge is -2.22. The Bertz CT molecular complexity index is 761. The Hall–Kier alpha value is -1.39. The minimum atomic E-state index is -4.21. The Morgan fingerprint density at radius 2 is 2.13 bits per heavy atom. The summed E-state index contributed by atoms with van der Waals surface area (Å²) in [5, 5.41) is 20.7. The Morgan fingerprint density at radius 3 is 2.77 bits per heavy atom. The van der Waals surface area contributed by atoms with E-state index in [1.54, 1.807) is 6.08 Å². The molecule has 1 aliphatic rings. The molecule has 0 radical (unpaired) electrons. The van der Waals surface area contributed by atoms with Crippen LogP contribution in [0, 0.1) is 11.8 Å². The van der Waals surface area contributed by atoms with Crippen molar-refractivity contribution in [1.29, 1.82) is 0 Å². The second-order valence-electron chi connectivity index (χ2n) is 7.81. The highest BCUT2D eigenvalue weighted by molar-refractivity contribution is 8.01. The monoisotopic (exact) mass is 465 g/mol. The Morgan fingerprint density at radius 1 is 1.40 bits per heavy atom. The second kappa shape index (κ2) is 10.8. The van der Waals surface area contributed by atoms with Crippen LogP contribution in [0.15, 0.2) is 21.9 Å². The molecule has 2 N–H and O–H groups in total. The average molecular weight is 466 g/mol. The van der Waals surface area contributed by atoms with Crippen LogP contribution in [0.5, 0.6) is 0 Å². The number of rotatable bonds is 11. The molecule has 1 saturated carbocycles. The molecule has 30 heavy (non-hydrogen) atoms. The maximum Gasteiger partial charge on any atom is 0.389 e. The van der Waals surface area contributed by atoms with Gasteiger partial charge in [0.2, 0.25) is 0 Å². The van der Waals surface area contributed by atoms with Gasteiger partial charge in [-0.15, -0.1) is 11.3 Å². The number of carboxylic acids is 1. The van der Waals surface area contributed by atoms with E-state index in [2.05, 4.69) is 4.98 Å². The number of aromatic carboxylic acids is 1. The molecule has 1 aromatic heterocycles. The van der Waals surface area contributed by atoms with Gasteiger partial charge in [0.15, 0.2) is 10.0 Å². The highest BCUT2D eigenvalue weighted by Gasteiger charge is 2.33. The summed E-state index contributed by atoms with van der Waals surface area (Å²) in [7, 11) is 0. The van der Waals surface area contributed by atoms with Gasteiger partial charge < -0.3 is 10.2 Å². The molecular weight excluding hydrogens is 439 g/mol. The molecule has 0 amide bonds. The Kier molecular flexibility index (Phi) is 8.93. The van der Waals surface area contributed by atoms with Crippen LogP contribution >= 0.6 is 23.1 Å². The normalized spacial score (nSPS) is 22.0. The fourth-order valence-electron chi connectivity index (χ4n) is 3.50. The first kappa shape index (κ1) is 24.9. The second-order valence-corrected chi connectivity index (χ2v) is 10.0. The first-order chi connectivity index (χ1) is 14.0. The summed E-state index contributed by atoms with van der Waals surface area (Å²) in [5.74, 6) is -0.323. The van der Waals surface area contributed by atoms with E-state index in [0.29, 0.717) is 22.9 Å². The maximum absolute atomic E-state index is 12.3. The number of carboxylic acid groups (broad SMARTS) is 1. The van der Waals surface area contributed by atoms with Crippen molar-refractivity contribution in [3.63, 3.8) is 0 Å². The van der Waals surface area contributed by atoms with Crippen molar-refractivity contribution in [2.24, 2.45) is 11.8 Å². The van der Waals surface area contributed by atoms with E-state index in [4.69, 9.17) is 5.11 Å². The molecule has 1 aromatic rings. The summed E-state index contributed by atoms with van der Waals surface area (Å²) in [6.45, 7) is 1.53. The van der Waals surface area contributed by atoms with Crippen LogP contribution in [-0.4, -0.2) is 44.5 Å². The van der Waals surface area contributed by atoms with E-state index in [1.807, 2.05) is 6.08 Å². The van der Waals surface area contributed by atoms with E-state index >= 15 is 0 Å². The van der Waals surface area contributed by atoms with Gasteiger partial charge in [-0.3, -0.25) is 4.79 Å². The van der Waals surface area contributed by atoms with Gasteiger partial charge in [0.25, 0.3) is 0 Å². The number of alkyl halides is 3. The number of carbonyl (C=O) groups is 2. The molecule has 1 aliphatic carbocycles. The number of hydrogen-bond donors (Lipinski definition) is 2. The van der Waals surface area contributed by atoms with Gasteiger partial charge in [-0.1, -0.05) is 23.9 Å². The summed E-state index contributed by atoms with van der Waals surface area (Å²) < 4.78 is 37.4. The number of thiazole rings is 1. The molecule has 0 saturated heterocycles. The summed E-state index contributed by atoms with van der Waals surface area (Å²) in [6, 6.07) is 0. The number of aromatic nitrogens is 1. The minimum absolute atomic E-state index is 0.0162. The fraction of sp³-hybridized carbons (Fsp3) is 0.650. The lowest BCUT2D eigenvalue weighted by atomic mass is 9.90. The quantitative estimate of drug-likeness (QED) is 0.338. The van der Waals surface area contributed by atoms with Crippen LogP contribution in [0.2, 0.25) is 0 Å². The smallest absolute Gasteiger partial charge is 0.389 e. The van der Waals surface area contributed by atoms with Crippen LogP contribution in [0.25, 0.3) is 0 Å². The van der Waals surface area contributed by atoms with Gasteiger partial charge in [0, 0.05) is 29.9 Å². The third-order valence-electron chi connectivity index (χ3n) is 5.13. The van der Waals surface area contributed by atoms with Crippen LogP contribution in [0.4, 0.5) is 13.2 Å². The van der Waals surface area contributed by atoms with Crippen molar-refractivity contribution in [3.05, 3.63) is 23.2 Å². The standard InChI is InChI=1S/C20H26F3NO4S2/c1-19(28,9-3-10-20(21,22)23)8-2-4-13-5-6-16(25)14(13)7-11-29-18-24-15(12-30-18)17(26)27/h2,4,12-14,28H,3,5-11H2,1H3,(H,26,27)/t13-,14+,19+/m0/s1. The number of Topliss-reactive ketones (excluding diaryl/α,β-unsaturated/α-hetero) is 1. The minimum Gasteiger partial charge on any atom is -0.476 e. The van der Waals surface area contributed by atoms with Crippen molar-refractivity contribution in [2.45, 2.75) is 68.0 Å². The van der Waals surface area contributed by atoms with Crippen LogP contribution in [0.1, 0.15) is 62.4 Å². The number of halogens is 3. The Labute approximate surface area is 181 Å². The van der Waals surface area contributed by atoms with E-state index < -0.39 is 24.2 Å². The fourth-order valence-corrected chi connectivity index (χ4v) is 5.40. The van der Waals surface area contributed by atoms with Gasteiger partial charge in [0.05, 0.1) is 5.60 Å². The molecule has 0 bridgehead atoms. The van der Waals surface area contributed by atoms with E-state index in [0.717, 1.165) is 6.42 Å². The Balaban J connectivity index is 1.79. The number of allylic oxidation sites excluding steroid dienone is 1. The largest absolute Gasteiger partial charge is 0.476 e. The SMILES string of the molecule is C[C@@](O)(CC=C[C@H]1CCC(=O)[C@@H]1CCSc1nc(C(=O)O)cs1)CCCC(F)(F)F. The van der Waals surface area contributed by atoms with Crippen molar-refractivity contribution in [2.75, 3.05) is 5.75 Å². The van der Waals surface area contributed by atoms with E-state index in [1.165, 1.54) is 35.4 Å². The first-order valence-electron chi connectivity index (χ1n) is 9.77. The summed E-state index contributed by atoms with van der Waals surface area (Å²) in [5.41, 5.74) is -1.19. The maximum atomic E-state index is 12.3. The van der Waals surface area contributed by atoms with Crippen molar-refractivity contribution < 1.29 is 33.0 Å². The first-order valence-corrected chi connectivity index (χ1v) is 11.6. The van der Waals surface area contributed by atoms with Crippen LogP contribution in [0.3, 0.4) is 0 Å². The van der Waals surface area contributed by atoms with E-state index in [-0.39, 0.29) is 42.6 Å². The lowest BCUT2D eigenvalue weighted by Crippen LogP contribution is -2.24. The van der Waals surface area contributed by atoms with Gasteiger partial charge >= 0.3 is 12.1 Å². The highest BCUT2D eigenvalue weighted by Crippen LogP contribution is 2.35. The zero-order valence-corrected chi connectivity index (χ0v) is 18.3. The number of thioether (sulfide) groups is 1. The molecule has 0 aromatic carbocycles. The number of aliphatic hydroxyl groups is 1. The van der Waals surface area contributed by atoms with Gasteiger partial charge in [-0.05, 0) is 44.9 Å². The third kappa shape index (κ3) is 8.39.